The van der Waals surface area contributed by atoms with E-state index in [0.29, 0.717) is 11.3 Å². The molecule has 5 nitrogen and oxygen atoms in total. The van der Waals surface area contributed by atoms with Gasteiger partial charge < -0.3 is 4.98 Å². The quantitative estimate of drug-likeness (QED) is 0.729. The highest BCUT2D eigenvalue weighted by atomic mass is 16.1. The van der Waals surface area contributed by atoms with E-state index in [0.717, 1.165) is 10.9 Å². The lowest BCUT2D eigenvalue weighted by molar-refractivity contribution is 0.0915. The molecule has 3 rings (SSSR count). The second-order valence-corrected chi connectivity index (χ2v) is 4.69. The number of para-hydroxylation sites is 1. The smallest absolute Gasteiger partial charge is 0.181 e. The number of benzene rings is 1. The Labute approximate surface area is 121 Å². The number of fused-ring (bicyclic) bond motifs is 1. The van der Waals surface area contributed by atoms with Crippen molar-refractivity contribution in [3.05, 3.63) is 60.3 Å². The average Bonchev–Trinajstić information content (AvgIpc) is 2.97. The van der Waals surface area contributed by atoms with Gasteiger partial charge in [-0.05, 0) is 12.1 Å². The summed E-state index contributed by atoms with van der Waals surface area (Å²) >= 11 is 0. The summed E-state index contributed by atoms with van der Waals surface area (Å²) in [5, 5.41) is 0.886. The predicted molar refractivity (Wildman–Crippen MR) is 78.2 cm³/mol. The summed E-state index contributed by atoms with van der Waals surface area (Å²) in [6.07, 6.45) is 4.86. The lowest BCUT2D eigenvalue weighted by Crippen LogP contribution is -2.06. The van der Waals surface area contributed by atoms with Crippen molar-refractivity contribution in [2.24, 2.45) is 0 Å². The first-order valence-corrected chi connectivity index (χ1v) is 6.64. The van der Waals surface area contributed by atoms with Crippen molar-refractivity contribution < 1.29 is 9.59 Å². The van der Waals surface area contributed by atoms with E-state index in [9.17, 15) is 9.59 Å². The van der Waals surface area contributed by atoms with Crippen LogP contribution in [-0.4, -0.2) is 26.5 Å². The molecular formula is C16H13N3O2. The van der Waals surface area contributed by atoms with Crippen LogP contribution in [0.15, 0.2) is 49.1 Å². The van der Waals surface area contributed by atoms with Gasteiger partial charge >= 0.3 is 0 Å². The normalized spacial score (nSPS) is 10.7. The number of hydrogen-bond acceptors (Lipinski definition) is 4. The summed E-state index contributed by atoms with van der Waals surface area (Å²) in [6.45, 7) is 0. The van der Waals surface area contributed by atoms with Gasteiger partial charge in [0.1, 0.15) is 12.0 Å². The van der Waals surface area contributed by atoms with E-state index < -0.39 is 0 Å². The van der Waals surface area contributed by atoms with Crippen molar-refractivity contribution in [2.45, 2.75) is 12.8 Å². The number of Topliss-reactive ketones (excluding diaryl/α,β-unsaturated/α-hetero) is 2. The fourth-order valence-corrected chi connectivity index (χ4v) is 2.25. The van der Waals surface area contributed by atoms with Crippen LogP contribution < -0.4 is 0 Å². The Morgan fingerprint density at radius 3 is 2.67 bits per heavy atom. The molecule has 104 valence electrons. The van der Waals surface area contributed by atoms with Gasteiger partial charge in [0.25, 0.3) is 0 Å². The first-order valence-electron chi connectivity index (χ1n) is 6.64. The number of nitrogens with one attached hydrogen (secondary N) is 1. The minimum atomic E-state index is -0.148. The van der Waals surface area contributed by atoms with E-state index in [1.54, 1.807) is 12.3 Å². The lowest BCUT2D eigenvalue weighted by Gasteiger charge is -2.00. The lowest BCUT2D eigenvalue weighted by atomic mass is 10.0. The molecule has 0 atom stereocenters. The van der Waals surface area contributed by atoms with Gasteiger partial charge in [-0.25, -0.2) is 9.97 Å². The van der Waals surface area contributed by atoms with E-state index in [4.69, 9.17) is 0 Å². The Morgan fingerprint density at radius 2 is 1.86 bits per heavy atom. The maximum atomic E-state index is 12.3. The van der Waals surface area contributed by atoms with Crippen molar-refractivity contribution >= 4 is 22.5 Å². The second-order valence-electron chi connectivity index (χ2n) is 4.69. The molecule has 0 bridgehead atoms. The number of carbonyl (C=O) groups excluding carboxylic acids is 2. The van der Waals surface area contributed by atoms with Gasteiger partial charge in [0.2, 0.25) is 0 Å². The fourth-order valence-electron chi connectivity index (χ4n) is 2.25. The molecule has 2 heterocycles. The number of H-pyrrole nitrogens is 1. The molecule has 0 saturated carbocycles. The number of rotatable bonds is 5. The molecule has 3 aromatic rings. The summed E-state index contributed by atoms with van der Waals surface area (Å²) in [5.74, 6) is -0.194. The molecule has 0 amide bonds. The van der Waals surface area contributed by atoms with E-state index in [2.05, 4.69) is 15.0 Å². The maximum Gasteiger partial charge on any atom is 0.181 e. The zero-order valence-electron chi connectivity index (χ0n) is 11.2. The number of hydrogen-bond donors (Lipinski definition) is 1. The number of aromatic amines is 1. The molecule has 0 saturated heterocycles. The fraction of sp³-hybridized carbons (Fsp3) is 0.125. The third-order valence-corrected chi connectivity index (χ3v) is 3.34. The Morgan fingerprint density at radius 1 is 1.05 bits per heavy atom. The molecule has 0 spiro atoms. The van der Waals surface area contributed by atoms with E-state index in [1.165, 1.54) is 12.5 Å². The van der Waals surface area contributed by atoms with Crippen molar-refractivity contribution in [1.82, 2.24) is 15.0 Å². The molecule has 0 aliphatic rings. The summed E-state index contributed by atoms with van der Waals surface area (Å²) in [7, 11) is 0. The van der Waals surface area contributed by atoms with Crippen LogP contribution in [0.2, 0.25) is 0 Å². The number of carbonyl (C=O) groups is 2. The zero-order chi connectivity index (χ0) is 14.7. The highest BCUT2D eigenvalue weighted by molar-refractivity contribution is 6.09. The Balaban J connectivity index is 1.71. The van der Waals surface area contributed by atoms with Gasteiger partial charge in [-0.15, -0.1) is 0 Å². The number of aromatic nitrogens is 3. The summed E-state index contributed by atoms with van der Waals surface area (Å²) < 4.78 is 0. The molecule has 1 aromatic carbocycles. The van der Waals surface area contributed by atoms with Gasteiger partial charge in [0.15, 0.2) is 11.6 Å². The largest absolute Gasteiger partial charge is 0.360 e. The number of ketones is 2. The van der Waals surface area contributed by atoms with Crippen LogP contribution in [-0.2, 0) is 0 Å². The van der Waals surface area contributed by atoms with Crippen molar-refractivity contribution in [2.75, 3.05) is 0 Å². The average molecular weight is 279 g/mol. The highest BCUT2D eigenvalue weighted by Crippen LogP contribution is 2.19. The van der Waals surface area contributed by atoms with E-state index in [1.807, 2.05) is 24.3 Å². The van der Waals surface area contributed by atoms with Crippen LogP contribution in [0.1, 0.15) is 33.7 Å². The standard InChI is InChI=1S/C16H13N3O2/c20-15(5-6-16(21)14-7-8-17-10-19-14)12-9-18-13-4-2-1-3-11(12)13/h1-4,7-10,18H,5-6H2. The van der Waals surface area contributed by atoms with Crippen molar-refractivity contribution in [1.29, 1.82) is 0 Å². The molecule has 0 aliphatic carbocycles. The van der Waals surface area contributed by atoms with Gasteiger partial charge in [0, 0.05) is 41.7 Å². The molecule has 0 unspecified atom stereocenters. The van der Waals surface area contributed by atoms with Gasteiger partial charge in [-0.3, -0.25) is 9.59 Å². The van der Waals surface area contributed by atoms with E-state index >= 15 is 0 Å². The van der Waals surface area contributed by atoms with Crippen molar-refractivity contribution in [3.8, 4) is 0 Å². The highest BCUT2D eigenvalue weighted by Gasteiger charge is 2.14. The SMILES string of the molecule is O=C(CCC(=O)c1c[nH]c2ccccc12)c1ccncn1. The number of nitrogens with zero attached hydrogens (tertiary/aromatic N) is 2. The van der Waals surface area contributed by atoms with Gasteiger partial charge in [-0.2, -0.15) is 0 Å². The van der Waals surface area contributed by atoms with Crippen LogP contribution in [0.5, 0.6) is 0 Å². The molecular weight excluding hydrogens is 266 g/mol. The third-order valence-electron chi connectivity index (χ3n) is 3.34. The molecule has 1 N–H and O–H groups in total. The van der Waals surface area contributed by atoms with Crippen LogP contribution >= 0.6 is 0 Å². The Kier molecular flexibility index (Phi) is 3.55. The first kappa shape index (κ1) is 13.2. The summed E-state index contributed by atoms with van der Waals surface area (Å²) in [5.41, 5.74) is 1.89. The van der Waals surface area contributed by atoms with Crippen molar-refractivity contribution in [3.63, 3.8) is 0 Å². The summed E-state index contributed by atoms with van der Waals surface area (Å²) in [6, 6.07) is 9.16. The molecule has 0 radical (unpaired) electrons. The Hall–Kier alpha value is -2.82. The van der Waals surface area contributed by atoms with Gasteiger partial charge in [-0.1, -0.05) is 18.2 Å². The second kappa shape index (κ2) is 5.66. The molecule has 21 heavy (non-hydrogen) atoms. The first-order chi connectivity index (χ1) is 10.3. The monoisotopic (exact) mass is 279 g/mol. The minimum Gasteiger partial charge on any atom is -0.360 e. The topological polar surface area (TPSA) is 75.7 Å². The molecule has 5 heteroatoms. The third kappa shape index (κ3) is 2.72. The Bertz CT molecular complexity index is 793. The molecule has 0 aliphatic heterocycles. The van der Waals surface area contributed by atoms with Crippen LogP contribution in [0.3, 0.4) is 0 Å². The predicted octanol–water partition coefficient (Wildman–Crippen LogP) is 2.80. The molecule has 0 fully saturated rings. The zero-order valence-corrected chi connectivity index (χ0v) is 11.2. The van der Waals surface area contributed by atoms with E-state index in [-0.39, 0.29) is 24.4 Å². The van der Waals surface area contributed by atoms with Crippen LogP contribution in [0.25, 0.3) is 10.9 Å². The van der Waals surface area contributed by atoms with Crippen LogP contribution in [0, 0.1) is 0 Å². The molecule has 2 aromatic heterocycles. The maximum absolute atomic E-state index is 12.3. The van der Waals surface area contributed by atoms with Gasteiger partial charge in [0.05, 0.1) is 0 Å². The van der Waals surface area contributed by atoms with Crippen LogP contribution in [0.4, 0.5) is 0 Å². The minimum absolute atomic E-state index is 0.0464. The summed E-state index contributed by atoms with van der Waals surface area (Å²) in [4.78, 5) is 34.9.